The topological polar surface area (TPSA) is 72.0 Å². The smallest absolute Gasteiger partial charge is 0.339 e. The van der Waals surface area contributed by atoms with E-state index in [0.29, 0.717) is 30.7 Å². The summed E-state index contributed by atoms with van der Waals surface area (Å²) in [6.07, 6.45) is 10.8. The second kappa shape index (κ2) is 12.1. The quantitative estimate of drug-likeness (QED) is 0.331. The second-order valence-corrected chi connectivity index (χ2v) is 12.4. The third-order valence-corrected chi connectivity index (χ3v) is 9.67. The maximum absolute atomic E-state index is 13.7. The number of fused-ring (bicyclic) bond motifs is 1. The summed E-state index contributed by atoms with van der Waals surface area (Å²) in [6, 6.07) is 6.81. The fourth-order valence-electron chi connectivity index (χ4n) is 7.04. The lowest BCUT2D eigenvalue weighted by Crippen LogP contribution is -2.50. The van der Waals surface area contributed by atoms with Gasteiger partial charge in [0.2, 0.25) is 0 Å². The molecule has 0 bridgehead atoms. The van der Waals surface area contributed by atoms with Gasteiger partial charge in [-0.15, -0.1) is 0 Å². The van der Waals surface area contributed by atoms with Crippen molar-refractivity contribution in [3.8, 4) is 5.75 Å². The van der Waals surface area contributed by atoms with Gasteiger partial charge in [0.15, 0.2) is 0 Å². The largest absolute Gasteiger partial charge is 0.494 e. The Kier molecular flexibility index (Phi) is 8.34. The van der Waals surface area contributed by atoms with Crippen molar-refractivity contribution in [2.75, 3.05) is 33.4 Å². The Labute approximate surface area is 244 Å². The minimum Gasteiger partial charge on any atom is -0.494 e. The predicted molar refractivity (Wildman–Crippen MR) is 159 cm³/mol. The summed E-state index contributed by atoms with van der Waals surface area (Å²) in [6.45, 7) is 8.33. The summed E-state index contributed by atoms with van der Waals surface area (Å²) in [4.78, 5) is 35.5. The van der Waals surface area contributed by atoms with E-state index in [1.54, 1.807) is 17.2 Å². The van der Waals surface area contributed by atoms with Crippen LogP contribution in [0.15, 0.2) is 18.2 Å². The molecule has 0 N–H and O–H groups in total. The number of aromatic nitrogens is 1. The average Bonchev–Trinajstić information content (AvgIpc) is 3.79. The first-order chi connectivity index (χ1) is 20.0. The third-order valence-electron chi connectivity index (χ3n) is 9.67. The number of likely N-dealkylation sites (tertiary alicyclic amines) is 1. The van der Waals surface area contributed by atoms with Crippen LogP contribution in [0.5, 0.6) is 5.75 Å². The minimum atomic E-state index is -0.418. The first-order valence-electron chi connectivity index (χ1n) is 15.9. The summed E-state index contributed by atoms with van der Waals surface area (Å²) in [5, 5.41) is 0. The third kappa shape index (κ3) is 5.75. The number of carbonyl (C=O) groups is 2. The molecular weight excluding hydrogens is 514 g/mol. The van der Waals surface area contributed by atoms with Gasteiger partial charge in [-0.2, -0.15) is 0 Å². The van der Waals surface area contributed by atoms with E-state index >= 15 is 0 Å². The molecule has 0 spiro atoms. The van der Waals surface area contributed by atoms with Crippen LogP contribution in [-0.4, -0.2) is 66.1 Å². The molecule has 2 aliphatic carbocycles. The Bertz CT molecular complexity index is 1290. The number of ether oxygens (including phenoxy) is 2. The van der Waals surface area contributed by atoms with Gasteiger partial charge < -0.3 is 14.4 Å². The summed E-state index contributed by atoms with van der Waals surface area (Å²) in [7, 11) is 1.38. The molecular formula is C34H45N3O4. The van der Waals surface area contributed by atoms with Crippen LogP contribution in [-0.2, 0) is 24.1 Å². The lowest BCUT2D eigenvalue weighted by molar-refractivity contribution is 0.0542. The molecule has 0 atom stereocenters. The van der Waals surface area contributed by atoms with Crippen molar-refractivity contribution in [3.63, 3.8) is 0 Å². The molecule has 3 fully saturated rings. The number of hydrogen-bond acceptors (Lipinski definition) is 6. The van der Waals surface area contributed by atoms with Crippen LogP contribution in [0.25, 0.3) is 0 Å². The van der Waals surface area contributed by atoms with Gasteiger partial charge in [-0.1, -0.05) is 25.8 Å². The number of aryl methyl sites for hydroxylation is 1. The van der Waals surface area contributed by atoms with Crippen molar-refractivity contribution in [1.82, 2.24) is 14.8 Å². The van der Waals surface area contributed by atoms with Gasteiger partial charge in [-0.25, -0.2) is 4.79 Å². The van der Waals surface area contributed by atoms with Crippen LogP contribution in [0, 0.1) is 0 Å². The highest BCUT2D eigenvalue weighted by Gasteiger charge is 2.35. The minimum absolute atomic E-state index is 0.00434. The number of nitrogens with zero attached hydrogens (tertiary/aromatic N) is 3. The number of piperidine rings is 1. The normalized spacial score (nSPS) is 20.1. The molecule has 2 aromatic rings. The highest BCUT2D eigenvalue weighted by Crippen LogP contribution is 2.49. The van der Waals surface area contributed by atoms with Crippen LogP contribution >= 0.6 is 0 Å². The van der Waals surface area contributed by atoms with E-state index in [1.165, 1.54) is 44.8 Å². The zero-order valence-electron chi connectivity index (χ0n) is 25.0. The molecule has 6 rings (SSSR count). The van der Waals surface area contributed by atoms with Crippen LogP contribution in [0.1, 0.15) is 126 Å². The van der Waals surface area contributed by atoms with Gasteiger partial charge in [-0.05, 0) is 87.0 Å². The van der Waals surface area contributed by atoms with Crippen molar-refractivity contribution in [3.05, 3.63) is 57.4 Å². The number of esters is 1. The number of pyridine rings is 1. The van der Waals surface area contributed by atoms with Crippen molar-refractivity contribution in [1.29, 1.82) is 0 Å². The molecule has 2 saturated carbocycles. The maximum atomic E-state index is 13.7. The number of carbonyl (C=O) groups excluding carboxylic acids is 2. The molecule has 0 unspecified atom stereocenters. The van der Waals surface area contributed by atoms with E-state index in [9.17, 15) is 9.59 Å². The Hall–Kier alpha value is -2.93. The van der Waals surface area contributed by atoms with Gasteiger partial charge >= 0.3 is 5.97 Å². The molecule has 4 aliphatic rings. The number of hydrogen-bond donors (Lipinski definition) is 0. The van der Waals surface area contributed by atoms with Crippen molar-refractivity contribution < 1.29 is 19.1 Å². The highest BCUT2D eigenvalue weighted by molar-refractivity contribution is 6.00. The standard InChI is InChI=1S/C34H45N3O4/c1-4-7-30-29(34(39)40-3)19-28-31(35-30)14-17-37(33(28)38)25-12-15-36(16-13-25)21-24-18-26(23-10-11-23)27(22-8-6-9-22)20-32(24)41-5-2/h18-20,22-23,25H,4-17,21H2,1-3H3. The summed E-state index contributed by atoms with van der Waals surface area (Å²) >= 11 is 0. The predicted octanol–water partition coefficient (Wildman–Crippen LogP) is 6.03. The van der Waals surface area contributed by atoms with Crippen molar-refractivity contribution in [2.45, 2.75) is 102 Å². The highest BCUT2D eigenvalue weighted by atomic mass is 16.5. The van der Waals surface area contributed by atoms with Gasteiger partial charge in [0.05, 0.1) is 36.2 Å². The van der Waals surface area contributed by atoms with Crippen LogP contribution in [0.4, 0.5) is 0 Å². The van der Waals surface area contributed by atoms with E-state index in [-0.39, 0.29) is 11.9 Å². The van der Waals surface area contributed by atoms with Gasteiger partial charge in [-0.3, -0.25) is 14.7 Å². The van der Waals surface area contributed by atoms with Gasteiger partial charge in [0.25, 0.3) is 5.91 Å². The van der Waals surface area contributed by atoms with E-state index < -0.39 is 5.97 Å². The fraction of sp³-hybridized carbons (Fsp3) is 0.618. The summed E-state index contributed by atoms with van der Waals surface area (Å²) in [5.41, 5.74) is 7.02. The SMILES string of the molecule is CCCc1nc2c(cc1C(=O)OC)C(=O)N(C1CCN(Cc3cc(C4CC4)c(C4CCC4)cc3OCC)CC1)CC2. The Balaban J connectivity index is 1.14. The zero-order chi connectivity index (χ0) is 28.5. The molecule has 1 saturated heterocycles. The van der Waals surface area contributed by atoms with Crippen molar-refractivity contribution in [2.24, 2.45) is 0 Å². The van der Waals surface area contributed by atoms with Crippen LogP contribution in [0.3, 0.4) is 0 Å². The molecule has 1 aromatic heterocycles. The molecule has 7 nitrogen and oxygen atoms in total. The molecule has 1 amide bonds. The van der Waals surface area contributed by atoms with Crippen LogP contribution in [0.2, 0.25) is 0 Å². The van der Waals surface area contributed by atoms with Gasteiger partial charge in [0, 0.05) is 44.2 Å². The fourth-order valence-corrected chi connectivity index (χ4v) is 7.04. The Morgan fingerprint density at radius 3 is 2.34 bits per heavy atom. The number of methoxy groups -OCH3 is 1. The lowest BCUT2D eigenvalue weighted by atomic mass is 9.77. The number of rotatable bonds is 10. The van der Waals surface area contributed by atoms with Crippen LogP contribution < -0.4 is 4.74 Å². The first-order valence-corrected chi connectivity index (χ1v) is 15.9. The average molecular weight is 560 g/mol. The Morgan fingerprint density at radius 2 is 1.71 bits per heavy atom. The molecule has 220 valence electrons. The summed E-state index contributed by atoms with van der Waals surface area (Å²) < 4.78 is 11.2. The monoisotopic (exact) mass is 559 g/mol. The molecule has 0 radical (unpaired) electrons. The van der Waals surface area contributed by atoms with Crippen molar-refractivity contribution >= 4 is 11.9 Å². The first kappa shape index (κ1) is 28.2. The van der Waals surface area contributed by atoms with E-state index in [0.717, 1.165) is 74.3 Å². The number of benzene rings is 1. The maximum Gasteiger partial charge on any atom is 0.339 e. The Morgan fingerprint density at radius 1 is 0.976 bits per heavy atom. The summed E-state index contributed by atoms with van der Waals surface area (Å²) in [5.74, 6) is 2.12. The van der Waals surface area contributed by atoms with E-state index in [4.69, 9.17) is 14.5 Å². The van der Waals surface area contributed by atoms with E-state index in [2.05, 4.69) is 30.9 Å². The van der Waals surface area contributed by atoms with Gasteiger partial charge in [0.1, 0.15) is 5.75 Å². The zero-order valence-corrected chi connectivity index (χ0v) is 25.0. The van der Waals surface area contributed by atoms with E-state index in [1.807, 2.05) is 4.90 Å². The number of amides is 1. The second-order valence-electron chi connectivity index (χ2n) is 12.4. The molecule has 2 aliphatic heterocycles. The molecule has 1 aromatic carbocycles. The lowest BCUT2D eigenvalue weighted by Gasteiger charge is -2.40. The molecule has 3 heterocycles. The molecule has 7 heteroatoms. The molecule has 41 heavy (non-hydrogen) atoms.